The number of benzene rings is 3. The van der Waals surface area contributed by atoms with E-state index in [0.29, 0.717) is 57.5 Å². The summed E-state index contributed by atoms with van der Waals surface area (Å²) >= 11 is 0. The molecule has 1 heterocycles. The monoisotopic (exact) mass is 568 g/mol. The zero-order valence-electron chi connectivity index (χ0n) is 24.8. The van der Waals surface area contributed by atoms with E-state index in [4.69, 9.17) is 18.9 Å². The van der Waals surface area contributed by atoms with Crippen LogP contribution in [0, 0.1) is 6.92 Å². The van der Waals surface area contributed by atoms with Gasteiger partial charge in [-0.1, -0.05) is 23.8 Å². The highest BCUT2D eigenvalue weighted by atomic mass is 16.5. The van der Waals surface area contributed by atoms with Gasteiger partial charge in [0, 0.05) is 40.2 Å². The molecule has 8 nitrogen and oxygen atoms in total. The van der Waals surface area contributed by atoms with Crippen LogP contribution in [-0.2, 0) is 9.59 Å². The van der Waals surface area contributed by atoms with E-state index >= 15 is 0 Å². The summed E-state index contributed by atoms with van der Waals surface area (Å²) < 4.78 is 22.2. The molecule has 3 aromatic carbocycles. The second-order valence-corrected chi connectivity index (χ2v) is 10.6. The lowest BCUT2D eigenvalue weighted by Crippen LogP contribution is -2.37. The molecule has 5 rings (SSSR count). The number of nitrogens with one attached hydrogen (secondary N) is 2. The van der Waals surface area contributed by atoms with Gasteiger partial charge in [-0.3, -0.25) is 9.59 Å². The van der Waals surface area contributed by atoms with Crippen LogP contribution < -0.4 is 29.6 Å². The number of Topliss-reactive ketones (excluding diaryl/α,β-unsaturated/α-hetero) is 1. The molecule has 0 fully saturated rings. The number of rotatable bonds is 8. The summed E-state index contributed by atoms with van der Waals surface area (Å²) in [6.07, 6.45) is 0.869. The highest BCUT2D eigenvalue weighted by molar-refractivity contribution is 6.10. The van der Waals surface area contributed by atoms with E-state index < -0.39 is 5.92 Å². The highest BCUT2D eigenvalue weighted by Gasteiger charge is 2.42. The number of ketones is 1. The summed E-state index contributed by atoms with van der Waals surface area (Å²) in [5.41, 5.74) is 5.93. The number of methoxy groups -OCH3 is 4. The fraction of sp³-hybridized carbons (Fsp3) is 0.294. The largest absolute Gasteiger partial charge is 0.497 e. The molecule has 0 unspecified atom stereocenters. The molecule has 8 heteroatoms. The molecule has 2 atom stereocenters. The van der Waals surface area contributed by atoms with Crippen molar-refractivity contribution in [3.8, 4) is 23.0 Å². The van der Waals surface area contributed by atoms with Crippen molar-refractivity contribution in [1.29, 1.82) is 0 Å². The Balaban J connectivity index is 1.60. The SMILES string of the molecule is COc1ccc(OC)c([C@@H]2C(C(=O)Nc3ccc(C)cc3)=C(C)NC3=C2C(=O)C[C@H](c2ccc(OC)c(OC)c2)C3)c1. The topological polar surface area (TPSA) is 95.1 Å². The van der Waals surface area contributed by atoms with Crippen molar-refractivity contribution in [2.24, 2.45) is 0 Å². The molecule has 218 valence electrons. The maximum atomic E-state index is 14.1. The van der Waals surface area contributed by atoms with Crippen LogP contribution in [0.4, 0.5) is 5.69 Å². The molecule has 2 N–H and O–H groups in total. The number of carbonyl (C=O) groups excluding carboxylic acids is 2. The number of ether oxygens (including phenoxy) is 4. The number of allylic oxidation sites excluding steroid dienone is 3. The number of dihydropyridines is 1. The van der Waals surface area contributed by atoms with Gasteiger partial charge < -0.3 is 29.6 Å². The first-order chi connectivity index (χ1) is 20.3. The highest BCUT2D eigenvalue weighted by Crippen LogP contribution is 2.49. The van der Waals surface area contributed by atoms with E-state index in [0.717, 1.165) is 16.8 Å². The van der Waals surface area contributed by atoms with Gasteiger partial charge in [0.1, 0.15) is 11.5 Å². The van der Waals surface area contributed by atoms with E-state index in [1.54, 1.807) is 40.6 Å². The minimum atomic E-state index is -0.657. The molecular weight excluding hydrogens is 532 g/mol. The molecule has 42 heavy (non-hydrogen) atoms. The van der Waals surface area contributed by atoms with Gasteiger partial charge in [0.25, 0.3) is 5.91 Å². The first-order valence-corrected chi connectivity index (χ1v) is 13.8. The Hall–Kier alpha value is -4.72. The summed E-state index contributed by atoms with van der Waals surface area (Å²) in [4.78, 5) is 28.1. The fourth-order valence-corrected chi connectivity index (χ4v) is 5.89. The molecule has 0 saturated heterocycles. The molecule has 2 aliphatic rings. The third kappa shape index (κ3) is 5.44. The number of hydrogen-bond acceptors (Lipinski definition) is 7. The molecule has 0 bridgehead atoms. The van der Waals surface area contributed by atoms with E-state index in [1.807, 2.05) is 62.4 Å². The van der Waals surface area contributed by atoms with Crippen molar-refractivity contribution in [2.45, 2.75) is 38.5 Å². The van der Waals surface area contributed by atoms with Crippen LogP contribution in [0.3, 0.4) is 0 Å². The molecule has 0 radical (unpaired) electrons. The average molecular weight is 569 g/mol. The third-order valence-electron chi connectivity index (χ3n) is 8.01. The predicted molar refractivity (Wildman–Crippen MR) is 161 cm³/mol. The van der Waals surface area contributed by atoms with Gasteiger partial charge in [-0.05, 0) is 74.2 Å². The van der Waals surface area contributed by atoms with Gasteiger partial charge in [-0.25, -0.2) is 0 Å². The number of hydrogen-bond donors (Lipinski definition) is 2. The quantitative estimate of drug-likeness (QED) is 0.343. The maximum absolute atomic E-state index is 14.1. The minimum absolute atomic E-state index is 0.0356. The number of carbonyl (C=O) groups is 2. The van der Waals surface area contributed by atoms with Crippen LogP contribution in [0.5, 0.6) is 23.0 Å². The Morgan fingerprint density at radius 2 is 1.50 bits per heavy atom. The van der Waals surface area contributed by atoms with E-state index in [9.17, 15) is 9.59 Å². The molecule has 0 saturated carbocycles. The van der Waals surface area contributed by atoms with Gasteiger partial charge in [-0.15, -0.1) is 0 Å². The normalized spacial score (nSPS) is 18.2. The number of aryl methyl sites for hydroxylation is 1. The van der Waals surface area contributed by atoms with Crippen molar-refractivity contribution < 1.29 is 28.5 Å². The second kappa shape index (κ2) is 12.0. The fourth-order valence-electron chi connectivity index (χ4n) is 5.89. The summed E-state index contributed by atoms with van der Waals surface area (Å²) in [5, 5.41) is 6.48. The Bertz CT molecular complexity index is 1590. The van der Waals surface area contributed by atoms with Gasteiger partial charge in [0.2, 0.25) is 0 Å². The zero-order chi connectivity index (χ0) is 30.0. The predicted octanol–water partition coefficient (Wildman–Crippen LogP) is 6.03. The maximum Gasteiger partial charge on any atom is 0.254 e. The van der Waals surface area contributed by atoms with Gasteiger partial charge in [0.15, 0.2) is 17.3 Å². The first-order valence-electron chi connectivity index (χ1n) is 13.8. The number of amides is 1. The molecule has 1 aliphatic heterocycles. The van der Waals surface area contributed by atoms with Crippen molar-refractivity contribution in [3.05, 3.63) is 99.9 Å². The van der Waals surface area contributed by atoms with Gasteiger partial charge in [-0.2, -0.15) is 0 Å². The molecule has 1 aliphatic carbocycles. The van der Waals surface area contributed by atoms with E-state index in [1.165, 1.54) is 0 Å². The molecule has 0 aromatic heterocycles. The zero-order valence-corrected chi connectivity index (χ0v) is 24.8. The lowest BCUT2D eigenvalue weighted by Gasteiger charge is -2.37. The van der Waals surface area contributed by atoms with Crippen LogP contribution >= 0.6 is 0 Å². The van der Waals surface area contributed by atoms with E-state index in [2.05, 4.69) is 10.6 Å². The summed E-state index contributed by atoms with van der Waals surface area (Å²) in [6.45, 7) is 3.87. The summed E-state index contributed by atoms with van der Waals surface area (Å²) in [6, 6.07) is 18.8. The Morgan fingerprint density at radius 3 is 2.17 bits per heavy atom. The minimum Gasteiger partial charge on any atom is -0.497 e. The lowest BCUT2D eigenvalue weighted by molar-refractivity contribution is -0.116. The van der Waals surface area contributed by atoms with Crippen LogP contribution in [0.15, 0.2) is 83.2 Å². The molecule has 0 spiro atoms. The summed E-state index contributed by atoms with van der Waals surface area (Å²) in [7, 11) is 6.37. The van der Waals surface area contributed by atoms with Crippen molar-refractivity contribution in [1.82, 2.24) is 5.32 Å². The van der Waals surface area contributed by atoms with Crippen LogP contribution in [0.1, 0.15) is 48.3 Å². The van der Waals surface area contributed by atoms with Gasteiger partial charge >= 0.3 is 0 Å². The van der Waals surface area contributed by atoms with E-state index in [-0.39, 0.29) is 24.0 Å². The Kier molecular flexibility index (Phi) is 8.24. The van der Waals surface area contributed by atoms with Crippen molar-refractivity contribution >= 4 is 17.4 Å². The molecule has 1 amide bonds. The van der Waals surface area contributed by atoms with Crippen molar-refractivity contribution in [2.75, 3.05) is 33.8 Å². The van der Waals surface area contributed by atoms with Crippen molar-refractivity contribution in [3.63, 3.8) is 0 Å². The first kappa shape index (κ1) is 28.8. The average Bonchev–Trinajstić information content (AvgIpc) is 3.00. The van der Waals surface area contributed by atoms with Crippen LogP contribution in [0.25, 0.3) is 0 Å². The standard InChI is InChI=1S/C34H36N2O6/c1-19-7-10-23(11-8-19)36-34(38)31-20(2)35-26-15-22(21-9-13-29(41-5)30(17-21)42-6)16-27(37)33(26)32(31)25-18-24(39-3)12-14-28(25)40-4/h7-14,17-18,22,32,35H,15-16H2,1-6H3,(H,36,38)/t22-,32-/m1/s1. The summed E-state index contributed by atoms with van der Waals surface area (Å²) in [5.74, 6) is 1.36. The van der Waals surface area contributed by atoms with Gasteiger partial charge in [0.05, 0.1) is 34.4 Å². The smallest absolute Gasteiger partial charge is 0.254 e. The Labute approximate surface area is 246 Å². The molecular formula is C34H36N2O6. The number of anilines is 1. The lowest BCUT2D eigenvalue weighted by atomic mass is 9.71. The second-order valence-electron chi connectivity index (χ2n) is 10.6. The van der Waals surface area contributed by atoms with Crippen LogP contribution in [-0.4, -0.2) is 40.1 Å². The third-order valence-corrected chi connectivity index (χ3v) is 8.01. The van der Waals surface area contributed by atoms with Crippen LogP contribution in [0.2, 0.25) is 0 Å². The Morgan fingerprint density at radius 1 is 0.810 bits per heavy atom. The molecule has 3 aromatic rings.